The Balaban J connectivity index is 1.96. The standard InChI is InChI=1S/C16H21N3O4/c1-3-17-13(20)11-4-6-12(7-5-11)18-15(23)19-9-8-16(2,10-19)14(21)22/h4-7H,3,8-10H2,1-2H3,(H,17,20)(H,18,23)(H,21,22). The van der Waals surface area contributed by atoms with Crippen molar-refractivity contribution in [2.24, 2.45) is 5.41 Å². The van der Waals surface area contributed by atoms with E-state index in [0.717, 1.165) is 0 Å². The molecule has 1 fully saturated rings. The van der Waals surface area contributed by atoms with Crippen molar-refractivity contribution < 1.29 is 19.5 Å². The van der Waals surface area contributed by atoms with Crippen molar-refractivity contribution in [1.29, 1.82) is 0 Å². The molecule has 1 aromatic rings. The number of carboxylic acids is 1. The maximum absolute atomic E-state index is 12.2. The summed E-state index contributed by atoms with van der Waals surface area (Å²) in [6, 6.07) is 6.22. The van der Waals surface area contributed by atoms with Crippen LogP contribution < -0.4 is 10.6 Å². The average Bonchev–Trinajstić information content (AvgIpc) is 2.92. The van der Waals surface area contributed by atoms with Crippen molar-refractivity contribution in [2.75, 3.05) is 25.0 Å². The van der Waals surface area contributed by atoms with Gasteiger partial charge in [-0.15, -0.1) is 0 Å². The van der Waals surface area contributed by atoms with E-state index >= 15 is 0 Å². The molecule has 0 radical (unpaired) electrons. The van der Waals surface area contributed by atoms with Crippen LogP contribution in [0.2, 0.25) is 0 Å². The lowest BCUT2D eigenvalue weighted by Gasteiger charge is -2.20. The van der Waals surface area contributed by atoms with Gasteiger partial charge in [-0.2, -0.15) is 0 Å². The number of urea groups is 1. The molecule has 3 amide bonds. The Hall–Kier alpha value is -2.57. The predicted octanol–water partition coefficient (Wildman–Crippen LogP) is 1.76. The first-order valence-electron chi connectivity index (χ1n) is 7.53. The molecule has 1 aromatic carbocycles. The molecule has 0 aliphatic carbocycles. The minimum absolute atomic E-state index is 0.165. The van der Waals surface area contributed by atoms with Crippen LogP contribution in [0, 0.1) is 5.41 Å². The molecular weight excluding hydrogens is 298 g/mol. The van der Waals surface area contributed by atoms with Gasteiger partial charge in [0.1, 0.15) is 0 Å². The molecule has 7 nitrogen and oxygen atoms in total. The largest absolute Gasteiger partial charge is 0.481 e. The Labute approximate surface area is 134 Å². The van der Waals surface area contributed by atoms with Gasteiger partial charge in [-0.25, -0.2) is 4.79 Å². The van der Waals surface area contributed by atoms with Crippen LogP contribution in [0.4, 0.5) is 10.5 Å². The zero-order valence-electron chi connectivity index (χ0n) is 13.3. The van der Waals surface area contributed by atoms with Crippen molar-refractivity contribution in [3.8, 4) is 0 Å². The lowest BCUT2D eigenvalue weighted by atomic mass is 9.90. The second kappa shape index (κ2) is 6.68. The van der Waals surface area contributed by atoms with Gasteiger partial charge in [-0.05, 0) is 44.5 Å². The molecule has 7 heteroatoms. The predicted molar refractivity (Wildman–Crippen MR) is 85.4 cm³/mol. The zero-order valence-corrected chi connectivity index (χ0v) is 13.3. The average molecular weight is 319 g/mol. The highest BCUT2D eigenvalue weighted by molar-refractivity contribution is 5.95. The maximum atomic E-state index is 12.2. The van der Waals surface area contributed by atoms with Crippen molar-refractivity contribution in [2.45, 2.75) is 20.3 Å². The van der Waals surface area contributed by atoms with Crippen LogP contribution in [0.15, 0.2) is 24.3 Å². The Morgan fingerprint density at radius 1 is 1.26 bits per heavy atom. The van der Waals surface area contributed by atoms with Gasteiger partial charge in [0, 0.05) is 30.9 Å². The number of likely N-dealkylation sites (tertiary alicyclic amines) is 1. The minimum Gasteiger partial charge on any atom is -0.481 e. The molecule has 0 bridgehead atoms. The van der Waals surface area contributed by atoms with Crippen LogP contribution in [0.25, 0.3) is 0 Å². The SMILES string of the molecule is CCNC(=O)c1ccc(NC(=O)N2CCC(C)(C(=O)O)C2)cc1. The van der Waals surface area contributed by atoms with Gasteiger partial charge >= 0.3 is 12.0 Å². The lowest BCUT2D eigenvalue weighted by Crippen LogP contribution is -2.37. The number of nitrogens with zero attached hydrogens (tertiary/aromatic N) is 1. The molecule has 3 N–H and O–H groups in total. The molecule has 0 saturated carbocycles. The van der Waals surface area contributed by atoms with Gasteiger partial charge in [0.15, 0.2) is 0 Å². The Morgan fingerprint density at radius 2 is 1.91 bits per heavy atom. The Bertz CT molecular complexity index is 614. The molecule has 1 aliphatic heterocycles. The van der Waals surface area contributed by atoms with Crippen LogP contribution in [0.5, 0.6) is 0 Å². The highest BCUT2D eigenvalue weighted by Gasteiger charge is 2.42. The summed E-state index contributed by atoms with van der Waals surface area (Å²) in [6.45, 7) is 4.63. The summed E-state index contributed by atoms with van der Waals surface area (Å²) in [5.74, 6) is -1.05. The molecule has 0 aromatic heterocycles. The fraction of sp³-hybridized carbons (Fsp3) is 0.438. The molecule has 23 heavy (non-hydrogen) atoms. The van der Waals surface area contributed by atoms with E-state index < -0.39 is 11.4 Å². The number of aliphatic carboxylic acids is 1. The van der Waals surface area contributed by atoms with E-state index in [9.17, 15) is 19.5 Å². The molecule has 1 heterocycles. The zero-order chi connectivity index (χ0) is 17.0. The highest BCUT2D eigenvalue weighted by Crippen LogP contribution is 2.30. The van der Waals surface area contributed by atoms with E-state index in [0.29, 0.717) is 30.8 Å². The summed E-state index contributed by atoms with van der Waals surface area (Å²) in [6.07, 6.45) is 0.436. The molecular formula is C16H21N3O4. The summed E-state index contributed by atoms with van der Waals surface area (Å²) < 4.78 is 0. The van der Waals surface area contributed by atoms with Gasteiger partial charge in [-0.3, -0.25) is 9.59 Å². The van der Waals surface area contributed by atoms with E-state index in [1.807, 2.05) is 6.92 Å². The summed E-state index contributed by atoms with van der Waals surface area (Å²) in [5, 5.41) is 14.6. The van der Waals surface area contributed by atoms with E-state index in [-0.39, 0.29) is 18.5 Å². The number of carboxylic acid groups (broad SMARTS) is 1. The second-order valence-corrected chi connectivity index (χ2v) is 5.90. The third kappa shape index (κ3) is 3.80. The first-order chi connectivity index (χ1) is 10.9. The number of anilines is 1. The normalized spacial score (nSPS) is 20.2. The lowest BCUT2D eigenvalue weighted by molar-refractivity contribution is -0.146. The summed E-state index contributed by atoms with van der Waals surface area (Å²) >= 11 is 0. The summed E-state index contributed by atoms with van der Waals surface area (Å²) in [7, 11) is 0. The van der Waals surface area contributed by atoms with Gasteiger partial charge in [-0.1, -0.05) is 0 Å². The smallest absolute Gasteiger partial charge is 0.321 e. The third-order valence-electron chi connectivity index (χ3n) is 4.01. The van der Waals surface area contributed by atoms with Crippen LogP contribution in [0.1, 0.15) is 30.6 Å². The van der Waals surface area contributed by atoms with E-state index in [1.54, 1.807) is 31.2 Å². The van der Waals surface area contributed by atoms with Crippen molar-refractivity contribution >= 4 is 23.6 Å². The molecule has 1 atom stereocenters. The molecule has 1 aliphatic rings. The molecule has 1 saturated heterocycles. The number of hydrogen-bond acceptors (Lipinski definition) is 3. The van der Waals surface area contributed by atoms with E-state index in [4.69, 9.17) is 0 Å². The first kappa shape index (κ1) is 16.8. The highest BCUT2D eigenvalue weighted by atomic mass is 16.4. The number of carbonyl (C=O) groups excluding carboxylic acids is 2. The number of amides is 3. The maximum Gasteiger partial charge on any atom is 0.321 e. The van der Waals surface area contributed by atoms with E-state index in [2.05, 4.69) is 10.6 Å². The monoisotopic (exact) mass is 319 g/mol. The van der Waals surface area contributed by atoms with Gasteiger partial charge in [0.2, 0.25) is 0 Å². The summed E-state index contributed by atoms with van der Waals surface area (Å²) in [5.41, 5.74) is 0.191. The van der Waals surface area contributed by atoms with Crippen molar-refractivity contribution in [1.82, 2.24) is 10.2 Å². The van der Waals surface area contributed by atoms with Crippen LogP contribution in [-0.4, -0.2) is 47.5 Å². The number of carbonyl (C=O) groups is 3. The minimum atomic E-state index is -0.890. The van der Waals surface area contributed by atoms with Crippen molar-refractivity contribution in [3.05, 3.63) is 29.8 Å². The molecule has 1 unspecified atom stereocenters. The van der Waals surface area contributed by atoms with Crippen LogP contribution in [-0.2, 0) is 4.79 Å². The molecule has 2 rings (SSSR count). The molecule has 124 valence electrons. The van der Waals surface area contributed by atoms with Crippen LogP contribution in [0.3, 0.4) is 0 Å². The molecule has 0 spiro atoms. The van der Waals surface area contributed by atoms with Gasteiger partial charge in [0.25, 0.3) is 5.91 Å². The number of benzene rings is 1. The van der Waals surface area contributed by atoms with Crippen LogP contribution >= 0.6 is 0 Å². The van der Waals surface area contributed by atoms with Crippen molar-refractivity contribution in [3.63, 3.8) is 0 Å². The third-order valence-corrected chi connectivity index (χ3v) is 4.01. The fourth-order valence-corrected chi connectivity index (χ4v) is 2.48. The first-order valence-corrected chi connectivity index (χ1v) is 7.53. The summed E-state index contributed by atoms with van der Waals surface area (Å²) in [4.78, 5) is 36.5. The quantitative estimate of drug-likeness (QED) is 0.787. The number of rotatable bonds is 4. The number of nitrogens with one attached hydrogen (secondary N) is 2. The number of hydrogen-bond donors (Lipinski definition) is 3. The van der Waals surface area contributed by atoms with Gasteiger partial charge < -0.3 is 20.6 Å². The Morgan fingerprint density at radius 3 is 2.43 bits per heavy atom. The second-order valence-electron chi connectivity index (χ2n) is 5.90. The van der Waals surface area contributed by atoms with Gasteiger partial charge in [0.05, 0.1) is 5.41 Å². The Kier molecular flexibility index (Phi) is 4.88. The topological polar surface area (TPSA) is 98.7 Å². The van der Waals surface area contributed by atoms with E-state index in [1.165, 1.54) is 4.90 Å². The fourth-order valence-electron chi connectivity index (χ4n) is 2.48.